The van der Waals surface area contributed by atoms with Gasteiger partial charge in [0.2, 0.25) is 0 Å². The van der Waals surface area contributed by atoms with Gasteiger partial charge in [-0.25, -0.2) is 5.43 Å². The summed E-state index contributed by atoms with van der Waals surface area (Å²) in [4.78, 5) is 14.8. The standard InChI is InChI=1S/C18H11F6N3O2/c19-17(20,21)12-3-1-10(2-4-12)9-25-27-16(28)15-8-11-7-13(29-18(22,23)24)5-6-14(11)26-15/h1-9,26H,(H,27,28). The van der Waals surface area contributed by atoms with Crippen molar-refractivity contribution in [1.82, 2.24) is 10.4 Å². The van der Waals surface area contributed by atoms with Gasteiger partial charge in [-0.1, -0.05) is 12.1 Å². The van der Waals surface area contributed by atoms with Crippen molar-refractivity contribution in [3.63, 3.8) is 0 Å². The highest BCUT2D eigenvalue weighted by molar-refractivity contribution is 5.98. The number of hydrogen-bond donors (Lipinski definition) is 2. The van der Waals surface area contributed by atoms with E-state index in [4.69, 9.17) is 0 Å². The van der Waals surface area contributed by atoms with Crippen LogP contribution in [0.15, 0.2) is 53.6 Å². The van der Waals surface area contributed by atoms with Gasteiger partial charge in [0.25, 0.3) is 5.91 Å². The van der Waals surface area contributed by atoms with E-state index in [2.05, 4.69) is 20.2 Å². The first-order chi connectivity index (χ1) is 13.5. The molecular formula is C18H11F6N3O2. The minimum absolute atomic E-state index is 0.0220. The largest absolute Gasteiger partial charge is 0.573 e. The third-order valence-corrected chi connectivity index (χ3v) is 3.69. The Labute approximate surface area is 159 Å². The third kappa shape index (κ3) is 5.27. The van der Waals surface area contributed by atoms with Gasteiger partial charge in [0.1, 0.15) is 11.4 Å². The second-order valence-electron chi connectivity index (χ2n) is 5.80. The zero-order valence-electron chi connectivity index (χ0n) is 14.2. The Morgan fingerprint density at radius 1 is 1.00 bits per heavy atom. The highest BCUT2D eigenvalue weighted by Crippen LogP contribution is 2.29. The van der Waals surface area contributed by atoms with E-state index in [1.807, 2.05) is 0 Å². The van der Waals surface area contributed by atoms with Crippen LogP contribution in [0.4, 0.5) is 26.3 Å². The van der Waals surface area contributed by atoms with E-state index in [9.17, 15) is 31.1 Å². The lowest BCUT2D eigenvalue weighted by atomic mass is 10.1. The van der Waals surface area contributed by atoms with Crippen molar-refractivity contribution in [2.45, 2.75) is 12.5 Å². The Bertz CT molecular complexity index is 1050. The maximum Gasteiger partial charge on any atom is 0.573 e. The molecule has 3 rings (SSSR count). The molecule has 11 heteroatoms. The van der Waals surface area contributed by atoms with E-state index in [1.165, 1.54) is 24.3 Å². The molecule has 0 fully saturated rings. The molecule has 0 aliphatic heterocycles. The van der Waals surface area contributed by atoms with Gasteiger partial charge in [-0.15, -0.1) is 13.2 Å². The summed E-state index contributed by atoms with van der Waals surface area (Å²) in [5.74, 6) is -1.13. The van der Waals surface area contributed by atoms with Crippen molar-refractivity contribution in [1.29, 1.82) is 0 Å². The van der Waals surface area contributed by atoms with Crippen molar-refractivity contribution >= 4 is 23.0 Å². The molecule has 29 heavy (non-hydrogen) atoms. The van der Waals surface area contributed by atoms with Crippen LogP contribution in [-0.4, -0.2) is 23.5 Å². The predicted molar refractivity (Wildman–Crippen MR) is 91.5 cm³/mol. The number of ether oxygens (including phenoxy) is 1. The second-order valence-corrected chi connectivity index (χ2v) is 5.80. The van der Waals surface area contributed by atoms with Crippen LogP contribution in [0.5, 0.6) is 5.75 Å². The van der Waals surface area contributed by atoms with Crippen LogP contribution in [0, 0.1) is 0 Å². The molecule has 0 aliphatic carbocycles. The van der Waals surface area contributed by atoms with Gasteiger partial charge in [0.05, 0.1) is 11.8 Å². The molecular weight excluding hydrogens is 404 g/mol. The SMILES string of the molecule is O=C(NN=Cc1ccc(C(F)(F)F)cc1)c1cc2cc(OC(F)(F)F)ccc2[nH]1. The molecule has 152 valence electrons. The van der Waals surface area contributed by atoms with E-state index in [0.29, 0.717) is 16.5 Å². The smallest absolute Gasteiger partial charge is 0.406 e. The number of nitrogens with one attached hydrogen (secondary N) is 2. The Balaban J connectivity index is 1.67. The fourth-order valence-electron chi connectivity index (χ4n) is 2.41. The average molecular weight is 415 g/mol. The van der Waals surface area contributed by atoms with Crippen LogP contribution in [0.1, 0.15) is 21.6 Å². The summed E-state index contributed by atoms with van der Waals surface area (Å²) >= 11 is 0. The minimum atomic E-state index is -4.84. The van der Waals surface area contributed by atoms with Gasteiger partial charge in [0, 0.05) is 10.9 Å². The van der Waals surface area contributed by atoms with Gasteiger partial charge in [-0.05, 0) is 42.0 Å². The summed E-state index contributed by atoms with van der Waals surface area (Å²) < 4.78 is 78.1. The zero-order chi connectivity index (χ0) is 21.2. The number of aromatic amines is 1. The lowest BCUT2D eigenvalue weighted by molar-refractivity contribution is -0.274. The van der Waals surface area contributed by atoms with E-state index < -0.39 is 29.8 Å². The number of halogens is 6. The van der Waals surface area contributed by atoms with Crippen LogP contribution in [0.3, 0.4) is 0 Å². The Kier molecular flexibility index (Phi) is 5.23. The summed E-state index contributed by atoms with van der Waals surface area (Å²) in [7, 11) is 0. The molecule has 2 N–H and O–H groups in total. The van der Waals surface area contributed by atoms with Crippen molar-refractivity contribution in [2.24, 2.45) is 5.10 Å². The van der Waals surface area contributed by atoms with Crippen molar-refractivity contribution in [2.75, 3.05) is 0 Å². The molecule has 1 aromatic heterocycles. The highest BCUT2D eigenvalue weighted by Gasteiger charge is 2.31. The molecule has 0 aliphatic rings. The number of benzene rings is 2. The molecule has 1 amide bonds. The van der Waals surface area contributed by atoms with Crippen LogP contribution in [0.25, 0.3) is 10.9 Å². The topological polar surface area (TPSA) is 66.5 Å². The summed E-state index contributed by atoms with van der Waals surface area (Å²) in [6, 6.07) is 8.95. The average Bonchev–Trinajstić information content (AvgIpc) is 3.03. The molecule has 0 saturated heterocycles. The van der Waals surface area contributed by atoms with Crippen LogP contribution in [0.2, 0.25) is 0 Å². The van der Waals surface area contributed by atoms with Crippen molar-refractivity contribution in [3.8, 4) is 5.75 Å². The number of alkyl halides is 6. The quantitative estimate of drug-likeness (QED) is 0.364. The first-order valence-electron chi connectivity index (χ1n) is 7.90. The molecule has 0 saturated carbocycles. The minimum Gasteiger partial charge on any atom is -0.406 e. The zero-order valence-corrected chi connectivity index (χ0v) is 14.2. The lowest BCUT2D eigenvalue weighted by Crippen LogP contribution is -2.17. The number of hydrogen-bond acceptors (Lipinski definition) is 3. The first-order valence-corrected chi connectivity index (χ1v) is 7.90. The second kappa shape index (κ2) is 7.49. The summed E-state index contributed by atoms with van der Waals surface area (Å²) in [6.07, 6.45) is -8.14. The summed E-state index contributed by atoms with van der Waals surface area (Å²) in [6.45, 7) is 0. The molecule has 0 atom stereocenters. The van der Waals surface area contributed by atoms with Gasteiger partial charge < -0.3 is 9.72 Å². The molecule has 0 bridgehead atoms. The van der Waals surface area contributed by atoms with E-state index >= 15 is 0 Å². The number of aromatic nitrogens is 1. The van der Waals surface area contributed by atoms with E-state index in [-0.39, 0.29) is 5.69 Å². The molecule has 0 radical (unpaired) electrons. The number of nitrogens with zero attached hydrogens (tertiary/aromatic N) is 1. The van der Waals surface area contributed by atoms with Crippen LogP contribution >= 0.6 is 0 Å². The Morgan fingerprint density at radius 2 is 1.69 bits per heavy atom. The Morgan fingerprint density at radius 3 is 2.31 bits per heavy atom. The molecule has 1 heterocycles. The molecule has 0 unspecified atom stereocenters. The van der Waals surface area contributed by atoms with Gasteiger partial charge in [-0.3, -0.25) is 4.79 Å². The summed E-state index contributed by atoms with van der Waals surface area (Å²) in [5.41, 5.74) is 2.10. The Hall–Kier alpha value is -3.50. The molecule has 5 nitrogen and oxygen atoms in total. The molecule has 3 aromatic rings. The maximum absolute atomic E-state index is 12.5. The predicted octanol–water partition coefficient (Wildman–Crippen LogP) is 4.85. The van der Waals surface area contributed by atoms with Crippen molar-refractivity contribution in [3.05, 3.63) is 65.4 Å². The van der Waals surface area contributed by atoms with E-state index in [0.717, 1.165) is 30.5 Å². The van der Waals surface area contributed by atoms with E-state index in [1.54, 1.807) is 0 Å². The summed E-state index contributed by atoms with van der Waals surface area (Å²) in [5, 5.41) is 3.96. The lowest BCUT2D eigenvalue weighted by Gasteiger charge is -2.08. The third-order valence-electron chi connectivity index (χ3n) is 3.69. The fourth-order valence-corrected chi connectivity index (χ4v) is 2.41. The van der Waals surface area contributed by atoms with Crippen molar-refractivity contribution < 1.29 is 35.9 Å². The number of rotatable bonds is 4. The molecule has 2 aromatic carbocycles. The van der Waals surface area contributed by atoms with Gasteiger partial charge in [0.15, 0.2) is 0 Å². The number of H-pyrrole nitrogens is 1. The highest BCUT2D eigenvalue weighted by atomic mass is 19.4. The fraction of sp³-hybridized carbons (Fsp3) is 0.111. The number of amides is 1. The normalized spacial score (nSPS) is 12.5. The maximum atomic E-state index is 12.5. The first kappa shape index (κ1) is 20.2. The van der Waals surface area contributed by atoms with Crippen LogP contribution in [-0.2, 0) is 6.18 Å². The van der Waals surface area contributed by atoms with Gasteiger partial charge in [-0.2, -0.15) is 18.3 Å². The van der Waals surface area contributed by atoms with Crippen LogP contribution < -0.4 is 10.2 Å². The number of carbonyl (C=O) groups is 1. The number of carbonyl (C=O) groups excluding carboxylic acids is 1. The monoisotopic (exact) mass is 415 g/mol. The number of hydrazone groups is 1. The molecule has 0 spiro atoms. The number of fused-ring (bicyclic) bond motifs is 1. The van der Waals surface area contributed by atoms with Gasteiger partial charge >= 0.3 is 12.5 Å².